The van der Waals surface area contributed by atoms with Gasteiger partial charge in [-0.3, -0.25) is 0 Å². The maximum Gasteiger partial charge on any atom is 0.416 e. The first-order chi connectivity index (χ1) is 16.8. The van der Waals surface area contributed by atoms with E-state index in [-0.39, 0.29) is 23.2 Å². The highest BCUT2D eigenvalue weighted by molar-refractivity contribution is 5.89. The minimum Gasteiger partial charge on any atom is -0.390 e. The number of aromatic nitrogens is 4. The van der Waals surface area contributed by atoms with Crippen LogP contribution in [-0.2, 0) is 6.18 Å². The van der Waals surface area contributed by atoms with E-state index in [2.05, 4.69) is 20.3 Å². The van der Waals surface area contributed by atoms with E-state index < -0.39 is 17.3 Å². The van der Waals surface area contributed by atoms with Crippen molar-refractivity contribution in [3.8, 4) is 5.69 Å². The van der Waals surface area contributed by atoms with Gasteiger partial charge in [-0.15, -0.1) is 0 Å². The van der Waals surface area contributed by atoms with Gasteiger partial charge in [0.15, 0.2) is 5.65 Å². The number of hydrogen-bond acceptors (Lipinski definition) is 7. The summed E-state index contributed by atoms with van der Waals surface area (Å²) in [4.78, 5) is 11.6. The fraction of sp³-hybridized carbons (Fsp3) is 0.560. The number of anilines is 2. The molecule has 1 saturated heterocycles. The Morgan fingerprint density at radius 3 is 2.44 bits per heavy atom. The molecule has 0 bridgehead atoms. The number of rotatable bonds is 5. The van der Waals surface area contributed by atoms with Crippen molar-refractivity contribution in [2.45, 2.75) is 69.8 Å². The third-order valence-corrected chi connectivity index (χ3v) is 7.38. The summed E-state index contributed by atoms with van der Waals surface area (Å²) in [5.74, 6) is 1.26. The highest BCUT2D eigenvalue weighted by Gasteiger charge is 2.38. The highest BCUT2D eigenvalue weighted by atomic mass is 19.4. The molecule has 36 heavy (non-hydrogen) atoms. The van der Waals surface area contributed by atoms with Crippen molar-refractivity contribution in [3.63, 3.8) is 0 Å². The van der Waals surface area contributed by atoms with Crippen LogP contribution in [0.1, 0.15) is 52.0 Å². The average molecular weight is 504 g/mol. The zero-order valence-corrected chi connectivity index (χ0v) is 20.7. The summed E-state index contributed by atoms with van der Waals surface area (Å²) in [6.07, 6.45) is 0.287. The van der Waals surface area contributed by atoms with Crippen LogP contribution in [0.3, 0.4) is 0 Å². The lowest BCUT2D eigenvalue weighted by Gasteiger charge is -2.42. The number of aliphatic hydroxyl groups is 1. The van der Waals surface area contributed by atoms with Crippen LogP contribution in [0, 0.1) is 5.92 Å². The number of nitrogens with one attached hydrogen (secondary N) is 1. The number of alkyl halides is 3. The van der Waals surface area contributed by atoms with Crippen LogP contribution in [0.4, 0.5) is 24.9 Å². The largest absolute Gasteiger partial charge is 0.416 e. The Kier molecular flexibility index (Phi) is 5.90. The molecule has 0 radical (unpaired) electrons. The van der Waals surface area contributed by atoms with Gasteiger partial charge in [0, 0.05) is 24.7 Å². The van der Waals surface area contributed by atoms with Crippen molar-refractivity contribution < 1.29 is 18.3 Å². The molecule has 11 heteroatoms. The van der Waals surface area contributed by atoms with Crippen LogP contribution in [0.15, 0.2) is 30.5 Å². The van der Waals surface area contributed by atoms with Gasteiger partial charge in [0.25, 0.3) is 0 Å². The predicted molar refractivity (Wildman–Crippen MR) is 132 cm³/mol. The Morgan fingerprint density at radius 1 is 1.14 bits per heavy atom. The summed E-state index contributed by atoms with van der Waals surface area (Å²) in [5, 5.41) is 18.9. The lowest BCUT2D eigenvalue weighted by atomic mass is 9.75. The lowest BCUT2D eigenvalue weighted by molar-refractivity contribution is -0.137. The van der Waals surface area contributed by atoms with Crippen molar-refractivity contribution in [2.75, 3.05) is 23.3 Å². The first kappa shape index (κ1) is 24.8. The van der Waals surface area contributed by atoms with E-state index in [1.54, 1.807) is 12.3 Å². The molecule has 194 valence electrons. The van der Waals surface area contributed by atoms with Crippen molar-refractivity contribution in [3.05, 3.63) is 36.0 Å². The van der Waals surface area contributed by atoms with E-state index in [9.17, 15) is 18.3 Å². The first-order valence-corrected chi connectivity index (χ1v) is 12.3. The second-order valence-corrected chi connectivity index (χ2v) is 11.0. The number of piperidine rings is 1. The van der Waals surface area contributed by atoms with E-state index >= 15 is 0 Å². The monoisotopic (exact) mass is 503 g/mol. The molecule has 4 N–H and O–H groups in total. The molecule has 1 saturated carbocycles. The fourth-order valence-corrected chi connectivity index (χ4v) is 5.35. The van der Waals surface area contributed by atoms with Crippen molar-refractivity contribution in [2.24, 2.45) is 11.7 Å². The second kappa shape index (κ2) is 8.58. The summed E-state index contributed by atoms with van der Waals surface area (Å²) in [5.41, 5.74) is 5.13. The summed E-state index contributed by atoms with van der Waals surface area (Å²) in [6, 6.07) is 5.18. The quantitative estimate of drug-likeness (QED) is 0.481. The standard InChI is InChI=1S/C25H32F3N7O/c1-23(2,36)15-7-9-34(10-8-15)20-19-14-30-35(18-6-4-5-16(11-18)25(26,27)28)21(19)33-22(32-20)31-17-12-24(3,29)13-17/h4-6,11,14-15,17,36H,7-10,12-13,29H2,1-3H3,(H,31,32,33). The van der Waals surface area contributed by atoms with Gasteiger partial charge in [0.05, 0.1) is 28.4 Å². The average Bonchev–Trinajstić information content (AvgIpc) is 3.20. The van der Waals surface area contributed by atoms with Gasteiger partial charge in [-0.05, 0) is 70.6 Å². The Hall–Kier alpha value is -2.92. The minimum absolute atomic E-state index is 0.121. The van der Waals surface area contributed by atoms with Crippen LogP contribution in [0.25, 0.3) is 16.7 Å². The topological polar surface area (TPSA) is 105 Å². The number of halogens is 3. The molecule has 1 aromatic carbocycles. The van der Waals surface area contributed by atoms with E-state index in [4.69, 9.17) is 10.7 Å². The van der Waals surface area contributed by atoms with Crippen LogP contribution < -0.4 is 16.0 Å². The molecule has 2 aliphatic rings. The number of nitrogens with two attached hydrogens (primary N) is 1. The zero-order chi connectivity index (χ0) is 25.9. The molecule has 1 aliphatic carbocycles. The van der Waals surface area contributed by atoms with Crippen LogP contribution >= 0.6 is 0 Å². The molecular weight excluding hydrogens is 471 g/mol. The number of hydrogen-bond donors (Lipinski definition) is 3. The molecule has 1 aliphatic heterocycles. The fourth-order valence-electron chi connectivity index (χ4n) is 5.35. The minimum atomic E-state index is -4.46. The van der Waals surface area contributed by atoms with Gasteiger partial charge in [-0.2, -0.15) is 28.2 Å². The van der Waals surface area contributed by atoms with Crippen LogP contribution in [0.5, 0.6) is 0 Å². The van der Waals surface area contributed by atoms with Gasteiger partial charge in [-0.25, -0.2) is 4.68 Å². The van der Waals surface area contributed by atoms with Gasteiger partial charge in [0.2, 0.25) is 5.95 Å². The van der Waals surface area contributed by atoms with Gasteiger partial charge in [0.1, 0.15) is 5.82 Å². The van der Waals surface area contributed by atoms with Gasteiger partial charge < -0.3 is 21.1 Å². The number of fused-ring (bicyclic) bond motifs is 1. The Balaban J connectivity index is 1.53. The summed E-state index contributed by atoms with van der Waals surface area (Å²) < 4.78 is 41.5. The van der Waals surface area contributed by atoms with Gasteiger partial charge in [-0.1, -0.05) is 6.07 Å². The van der Waals surface area contributed by atoms with E-state index in [0.29, 0.717) is 35.9 Å². The molecule has 0 atom stereocenters. The number of benzene rings is 1. The number of nitrogens with zero attached hydrogens (tertiary/aromatic N) is 5. The summed E-state index contributed by atoms with van der Waals surface area (Å²) in [7, 11) is 0. The summed E-state index contributed by atoms with van der Waals surface area (Å²) in [6.45, 7) is 7.05. The molecule has 2 fully saturated rings. The SMILES string of the molecule is CC1(N)CC(Nc2nc(N3CCC(C(C)(C)O)CC3)c3cnn(-c4cccc(C(F)(F)F)c4)c3n2)C1. The van der Waals surface area contributed by atoms with Crippen molar-refractivity contribution >= 4 is 22.8 Å². The molecule has 0 amide bonds. The van der Waals surface area contributed by atoms with E-state index in [0.717, 1.165) is 37.8 Å². The molecule has 5 rings (SSSR count). The smallest absolute Gasteiger partial charge is 0.390 e. The summed E-state index contributed by atoms with van der Waals surface area (Å²) >= 11 is 0. The van der Waals surface area contributed by atoms with Gasteiger partial charge >= 0.3 is 6.18 Å². The van der Waals surface area contributed by atoms with E-state index in [1.807, 2.05) is 20.8 Å². The first-order valence-electron chi connectivity index (χ1n) is 12.3. The lowest BCUT2D eigenvalue weighted by Crippen LogP contribution is -2.54. The van der Waals surface area contributed by atoms with Crippen molar-refractivity contribution in [1.29, 1.82) is 0 Å². The van der Waals surface area contributed by atoms with Crippen LogP contribution in [-0.4, -0.2) is 55.1 Å². The zero-order valence-electron chi connectivity index (χ0n) is 20.7. The second-order valence-electron chi connectivity index (χ2n) is 11.0. The molecule has 3 heterocycles. The maximum atomic E-state index is 13.4. The molecule has 8 nitrogen and oxygen atoms in total. The van der Waals surface area contributed by atoms with Crippen molar-refractivity contribution in [1.82, 2.24) is 19.7 Å². The molecule has 0 unspecified atom stereocenters. The maximum absolute atomic E-state index is 13.4. The Labute approximate surface area is 207 Å². The molecule has 2 aromatic heterocycles. The normalized spacial score (nSPS) is 23.7. The third-order valence-electron chi connectivity index (χ3n) is 7.38. The highest BCUT2D eigenvalue weighted by Crippen LogP contribution is 2.36. The predicted octanol–water partition coefficient (Wildman–Crippen LogP) is 4.11. The van der Waals surface area contributed by atoms with E-state index in [1.165, 1.54) is 10.7 Å². The Morgan fingerprint density at radius 2 is 1.83 bits per heavy atom. The molecule has 3 aromatic rings. The molecular formula is C25H32F3N7O. The van der Waals surface area contributed by atoms with Crippen LogP contribution in [0.2, 0.25) is 0 Å². The Bertz CT molecular complexity index is 1250. The molecule has 0 spiro atoms. The third kappa shape index (κ3) is 4.86.